The molecule has 7 heteroatoms. The minimum absolute atomic E-state index is 0.0479. The second-order valence-corrected chi connectivity index (χ2v) is 6.22. The van der Waals surface area contributed by atoms with Gasteiger partial charge >= 0.3 is 5.97 Å². The molecule has 0 bridgehead atoms. The number of hydrogen-bond acceptors (Lipinski definition) is 7. The van der Waals surface area contributed by atoms with Crippen LogP contribution in [0.25, 0.3) is 0 Å². The van der Waals surface area contributed by atoms with Gasteiger partial charge in [-0.3, -0.25) is 0 Å². The Kier molecular flexibility index (Phi) is 6.06. The predicted molar refractivity (Wildman–Crippen MR) is 109 cm³/mol. The monoisotopic (exact) mass is 378 g/mol. The summed E-state index contributed by atoms with van der Waals surface area (Å²) in [7, 11) is 1.35. The molecule has 0 aliphatic carbocycles. The van der Waals surface area contributed by atoms with Crippen molar-refractivity contribution in [2.75, 3.05) is 17.7 Å². The molecular formula is C21H22N4O3. The number of methoxy groups -OCH3 is 1. The first-order chi connectivity index (χ1) is 13.6. The largest absolute Gasteiger partial charge is 0.489 e. The predicted octanol–water partition coefficient (Wildman–Crippen LogP) is 4.54. The minimum atomic E-state index is -0.421. The second-order valence-electron chi connectivity index (χ2n) is 6.22. The lowest BCUT2D eigenvalue weighted by Crippen LogP contribution is -2.08. The van der Waals surface area contributed by atoms with E-state index in [0.29, 0.717) is 23.0 Å². The third kappa shape index (κ3) is 4.76. The van der Waals surface area contributed by atoms with Crippen molar-refractivity contribution in [2.45, 2.75) is 20.0 Å². The molecule has 0 radical (unpaired) electrons. The number of nitrogens with one attached hydrogen (secondary N) is 2. The number of para-hydroxylation sites is 3. The Morgan fingerprint density at radius 1 is 0.964 bits per heavy atom. The lowest BCUT2D eigenvalue weighted by Gasteiger charge is -2.15. The van der Waals surface area contributed by atoms with Crippen molar-refractivity contribution in [2.24, 2.45) is 0 Å². The van der Waals surface area contributed by atoms with Crippen LogP contribution < -0.4 is 15.4 Å². The highest BCUT2D eigenvalue weighted by Crippen LogP contribution is 2.28. The maximum absolute atomic E-state index is 11.9. The van der Waals surface area contributed by atoms with Crippen LogP contribution in [-0.4, -0.2) is 29.2 Å². The molecule has 3 rings (SSSR count). The smallest absolute Gasteiger partial charge is 0.339 e. The SMILES string of the molecule is COC(=O)c1ccccc1Nc1ccnc(Nc2ccccc2OC(C)C)n1. The van der Waals surface area contributed by atoms with Crippen molar-refractivity contribution in [1.29, 1.82) is 0 Å². The first-order valence-electron chi connectivity index (χ1n) is 8.87. The molecule has 0 aliphatic rings. The highest BCUT2D eigenvalue weighted by atomic mass is 16.5. The van der Waals surface area contributed by atoms with Crippen molar-refractivity contribution in [1.82, 2.24) is 9.97 Å². The van der Waals surface area contributed by atoms with Gasteiger partial charge in [-0.15, -0.1) is 0 Å². The van der Waals surface area contributed by atoms with Crippen molar-refractivity contribution in [3.63, 3.8) is 0 Å². The van der Waals surface area contributed by atoms with Gasteiger partial charge < -0.3 is 20.1 Å². The molecule has 7 nitrogen and oxygen atoms in total. The first kappa shape index (κ1) is 19.2. The molecule has 0 fully saturated rings. The molecule has 0 saturated carbocycles. The summed E-state index contributed by atoms with van der Waals surface area (Å²) in [6.07, 6.45) is 1.68. The summed E-state index contributed by atoms with van der Waals surface area (Å²) < 4.78 is 10.6. The molecule has 144 valence electrons. The van der Waals surface area contributed by atoms with E-state index in [1.807, 2.05) is 44.2 Å². The zero-order chi connectivity index (χ0) is 19.9. The Balaban J connectivity index is 1.82. The lowest BCUT2D eigenvalue weighted by atomic mass is 10.2. The van der Waals surface area contributed by atoms with Gasteiger partial charge in [-0.25, -0.2) is 9.78 Å². The van der Waals surface area contributed by atoms with Crippen molar-refractivity contribution < 1.29 is 14.3 Å². The fraction of sp³-hybridized carbons (Fsp3) is 0.190. The van der Waals surface area contributed by atoms with E-state index in [-0.39, 0.29) is 6.10 Å². The summed E-state index contributed by atoms with van der Waals surface area (Å²) in [5.41, 5.74) is 1.79. The van der Waals surface area contributed by atoms with Crippen LogP contribution in [0.4, 0.5) is 23.1 Å². The van der Waals surface area contributed by atoms with E-state index in [1.54, 1.807) is 30.5 Å². The average Bonchev–Trinajstić information content (AvgIpc) is 2.69. The number of nitrogens with zero attached hydrogens (tertiary/aromatic N) is 2. The van der Waals surface area contributed by atoms with Gasteiger partial charge in [-0.2, -0.15) is 4.98 Å². The summed E-state index contributed by atoms with van der Waals surface area (Å²) in [6.45, 7) is 3.94. The lowest BCUT2D eigenvalue weighted by molar-refractivity contribution is 0.0602. The zero-order valence-electron chi connectivity index (χ0n) is 16.0. The zero-order valence-corrected chi connectivity index (χ0v) is 16.0. The third-order valence-electron chi connectivity index (χ3n) is 3.75. The molecule has 0 spiro atoms. The molecule has 0 amide bonds. The Morgan fingerprint density at radius 2 is 1.68 bits per heavy atom. The number of ether oxygens (including phenoxy) is 2. The van der Waals surface area contributed by atoms with Gasteiger partial charge in [0.2, 0.25) is 5.95 Å². The fourth-order valence-corrected chi connectivity index (χ4v) is 2.55. The van der Waals surface area contributed by atoms with Crippen molar-refractivity contribution >= 4 is 29.1 Å². The van der Waals surface area contributed by atoms with E-state index in [9.17, 15) is 4.79 Å². The van der Waals surface area contributed by atoms with Crippen LogP contribution in [0.1, 0.15) is 24.2 Å². The Labute approximate surface area is 163 Å². The molecule has 1 aromatic heterocycles. The number of carbonyl (C=O) groups excluding carboxylic acids is 1. The minimum Gasteiger partial charge on any atom is -0.489 e. The van der Waals surface area contributed by atoms with Crippen molar-refractivity contribution in [3.05, 3.63) is 66.4 Å². The van der Waals surface area contributed by atoms with Gasteiger partial charge in [-0.05, 0) is 44.2 Å². The van der Waals surface area contributed by atoms with Crippen LogP contribution in [0, 0.1) is 0 Å². The van der Waals surface area contributed by atoms with Gasteiger partial charge in [0.25, 0.3) is 0 Å². The molecule has 0 saturated heterocycles. The molecule has 0 atom stereocenters. The number of carbonyl (C=O) groups is 1. The van der Waals surface area contributed by atoms with E-state index in [4.69, 9.17) is 9.47 Å². The van der Waals surface area contributed by atoms with E-state index >= 15 is 0 Å². The Morgan fingerprint density at radius 3 is 2.43 bits per heavy atom. The summed E-state index contributed by atoms with van der Waals surface area (Å²) in [5, 5.41) is 6.31. The summed E-state index contributed by atoms with van der Waals surface area (Å²) in [5.74, 6) is 1.24. The normalized spacial score (nSPS) is 10.4. The van der Waals surface area contributed by atoms with E-state index in [1.165, 1.54) is 7.11 Å². The molecule has 0 aliphatic heterocycles. The topological polar surface area (TPSA) is 85.4 Å². The molecule has 1 heterocycles. The molecule has 2 aromatic carbocycles. The number of hydrogen-bond donors (Lipinski definition) is 2. The van der Waals surface area contributed by atoms with Crippen LogP contribution in [0.5, 0.6) is 5.75 Å². The molecule has 0 unspecified atom stereocenters. The van der Waals surface area contributed by atoms with Crippen LogP contribution >= 0.6 is 0 Å². The molecule has 3 aromatic rings. The number of rotatable bonds is 7. The summed E-state index contributed by atoms with van der Waals surface area (Å²) in [6, 6.07) is 16.4. The second kappa shape index (κ2) is 8.85. The van der Waals surface area contributed by atoms with Crippen molar-refractivity contribution in [3.8, 4) is 5.75 Å². The standard InChI is InChI=1S/C21H22N4O3/c1-14(2)28-18-11-7-6-10-17(18)24-21-22-13-12-19(25-21)23-16-9-5-4-8-15(16)20(26)27-3/h4-14H,1-3H3,(H2,22,23,24,25). The third-order valence-corrected chi connectivity index (χ3v) is 3.75. The quantitative estimate of drug-likeness (QED) is 0.584. The number of aromatic nitrogens is 2. The van der Waals surface area contributed by atoms with Crippen LogP contribution in [-0.2, 0) is 4.74 Å². The van der Waals surface area contributed by atoms with Crippen LogP contribution in [0.3, 0.4) is 0 Å². The van der Waals surface area contributed by atoms with Gasteiger partial charge in [-0.1, -0.05) is 24.3 Å². The summed E-state index contributed by atoms with van der Waals surface area (Å²) in [4.78, 5) is 20.7. The highest BCUT2D eigenvalue weighted by molar-refractivity contribution is 5.96. The maximum Gasteiger partial charge on any atom is 0.339 e. The molecule has 2 N–H and O–H groups in total. The number of benzene rings is 2. The Hall–Kier alpha value is -3.61. The molecule has 28 heavy (non-hydrogen) atoms. The number of anilines is 4. The van der Waals surface area contributed by atoms with Crippen LogP contribution in [0.2, 0.25) is 0 Å². The molecular weight excluding hydrogens is 356 g/mol. The summed E-state index contributed by atoms with van der Waals surface area (Å²) >= 11 is 0. The van der Waals surface area contributed by atoms with E-state index in [0.717, 1.165) is 11.4 Å². The van der Waals surface area contributed by atoms with E-state index in [2.05, 4.69) is 20.6 Å². The average molecular weight is 378 g/mol. The first-order valence-corrected chi connectivity index (χ1v) is 8.87. The maximum atomic E-state index is 11.9. The van der Waals surface area contributed by atoms with Gasteiger partial charge in [0.1, 0.15) is 11.6 Å². The fourth-order valence-electron chi connectivity index (χ4n) is 2.55. The van der Waals surface area contributed by atoms with Gasteiger partial charge in [0, 0.05) is 6.20 Å². The van der Waals surface area contributed by atoms with E-state index < -0.39 is 5.97 Å². The number of esters is 1. The van der Waals surface area contributed by atoms with Crippen LogP contribution in [0.15, 0.2) is 60.8 Å². The Bertz CT molecular complexity index is 960. The highest BCUT2D eigenvalue weighted by Gasteiger charge is 2.12. The van der Waals surface area contributed by atoms with Gasteiger partial charge in [0.15, 0.2) is 0 Å². The van der Waals surface area contributed by atoms with Gasteiger partial charge in [0.05, 0.1) is 30.2 Å².